The van der Waals surface area contributed by atoms with Gasteiger partial charge in [0.15, 0.2) is 0 Å². The summed E-state index contributed by atoms with van der Waals surface area (Å²) in [5, 5.41) is 0.804. The predicted molar refractivity (Wildman–Crippen MR) is 85.0 cm³/mol. The molecule has 2 N–H and O–H groups in total. The summed E-state index contributed by atoms with van der Waals surface area (Å²) in [4.78, 5) is 1.30. The molecule has 1 nitrogen and oxygen atoms in total. The van der Waals surface area contributed by atoms with Crippen LogP contribution < -0.4 is 5.73 Å². The Balaban J connectivity index is 1.90. The third-order valence-corrected chi connectivity index (χ3v) is 4.72. The maximum Gasteiger partial charge on any atom is 0.0438 e. The van der Waals surface area contributed by atoms with Gasteiger partial charge in [-0.1, -0.05) is 48.0 Å². The Morgan fingerprint density at radius 2 is 1.79 bits per heavy atom. The molecule has 3 heteroatoms. The van der Waals surface area contributed by atoms with Crippen molar-refractivity contribution < 1.29 is 0 Å². The van der Waals surface area contributed by atoms with Crippen molar-refractivity contribution >= 4 is 23.4 Å². The number of rotatable bonds is 5. The molecule has 0 aromatic heterocycles. The van der Waals surface area contributed by atoms with Gasteiger partial charge in [0.2, 0.25) is 0 Å². The van der Waals surface area contributed by atoms with E-state index in [2.05, 4.69) is 31.2 Å². The summed E-state index contributed by atoms with van der Waals surface area (Å²) >= 11 is 7.96. The monoisotopic (exact) mass is 291 g/mol. The van der Waals surface area contributed by atoms with Crippen molar-refractivity contribution in [3.05, 3.63) is 64.7 Å². The highest BCUT2D eigenvalue weighted by Gasteiger charge is 2.08. The van der Waals surface area contributed by atoms with E-state index in [9.17, 15) is 0 Å². The van der Waals surface area contributed by atoms with E-state index in [-0.39, 0.29) is 6.04 Å². The molecule has 0 aliphatic rings. The van der Waals surface area contributed by atoms with Crippen LogP contribution in [0.25, 0.3) is 0 Å². The fourth-order valence-corrected chi connectivity index (χ4v) is 3.12. The number of halogens is 1. The lowest BCUT2D eigenvalue weighted by molar-refractivity contribution is 0.749. The zero-order valence-electron chi connectivity index (χ0n) is 11.0. The maximum atomic E-state index is 6.19. The molecule has 100 valence electrons. The van der Waals surface area contributed by atoms with Crippen LogP contribution in [0.4, 0.5) is 0 Å². The molecule has 2 rings (SSSR count). The van der Waals surface area contributed by atoms with Crippen molar-refractivity contribution in [3.63, 3.8) is 0 Å². The summed E-state index contributed by atoms with van der Waals surface area (Å²) in [7, 11) is 0. The van der Waals surface area contributed by atoms with Crippen LogP contribution >= 0.6 is 23.4 Å². The van der Waals surface area contributed by atoms with Gasteiger partial charge in [-0.25, -0.2) is 0 Å². The first-order valence-electron chi connectivity index (χ1n) is 6.34. The van der Waals surface area contributed by atoms with E-state index in [4.69, 9.17) is 17.3 Å². The molecule has 1 unspecified atom stereocenters. The van der Waals surface area contributed by atoms with E-state index in [1.807, 2.05) is 36.0 Å². The summed E-state index contributed by atoms with van der Waals surface area (Å²) in [5.74, 6) is 0.899. The molecule has 2 aromatic rings. The number of nitrogens with two attached hydrogens (primary N) is 1. The maximum absolute atomic E-state index is 6.19. The van der Waals surface area contributed by atoms with Crippen molar-refractivity contribution in [1.82, 2.24) is 0 Å². The standard InChI is InChI=1S/C16H18ClNS/c1-12-6-2-5-9-16(12)19-11-14(18)10-13-7-3-4-8-15(13)17/h2-9,14H,10-11,18H2,1H3. The Labute approximate surface area is 124 Å². The lowest BCUT2D eigenvalue weighted by Crippen LogP contribution is -2.25. The van der Waals surface area contributed by atoms with Crippen LogP contribution in [0.15, 0.2) is 53.4 Å². The molecule has 0 aliphatic carbocycles. The van der Waals surface area contributed by atoms with Crippen molar-refractivity contribution in [2.24, 2.45) is 5.73 Å². The zero-order chi connectivity index (χ0) is 13.7. The van der Waals surface area contributed by atoms with Gasteiger partial charge in [-0.3, -0.25) is 0 Å². The Morgan fingerprint density at radius 3 is 2.53 bits per heavy atom. The Kier molecular flexibility index (Phi) is 5.32. The topological polar surface area (TPSA) is 26.0 Å². The average molecular weight is 292 g/mol. The minimum absolute atomic E-state index is 0.115. The molecule has 1 atom stereocenters. The zero-order valence-corrected chi connectivity index (χ0v) is 12.5. The molecule has 0 heterocycles. The van der Waals surface area contributed by atoms with Gasteiger partial charge >= 0.3 is 0 Å². The van der Waals surface area contributed by atoms with E-state index < -0.39 is 0 Å². The largest absolute Gasteiger partial charge is 0.327 e. The summed E-state index contributed by atoms with van der Waals surface area (Å²) in [6.07, 6.45) is 0.818. The first-order chi connectivity index (χ1) is 9.16. The molecule has 0 amide bonds. The van der Waals surface area contributed by atoms with E-state index in [0.29, 0.717) is 0 Å². The summed E-state index contributed by atoms with van der Waals surface area (Å²) < 4.78 is 0. The Morgan fingerprint density at radius 1 is 1.11 bits per heavy atom. The van der Waals surface area contributed by atoms with E-state index >= 15 is 0 Å². The third-order valence-electron chi connectivity index (χ3n) is 2.99. The fourth-order valence-electron chi connectivity index (χ4n) is 1.92. The lowest BCUT2D eigenvalue weighted by Gasteiger charge is -2.13. The second kappa shape index (κ2) is 6.99. The van der Waals surface area contributed by atoms with Gasteiger partial charge in [-0.2, -0.15) is 0 Å². The van der Waals surface area contributed by atoms with Gasteiger partial charge in [-0.05, 0) is 36.6 Å². The van der Waals surface area contributed by atoms with Gasteiger partial charge in [-0.15, -0.1) is 11.8 Å². The van der Waals surface area contributed by atoms with Gasteiger partial charge in [0.05, 0.1) is 0 Å². The Bertz CT molecular complexity index is 542. The SMILES string of the molecule is Cc1ccccc1SCC(N)Cc1ccccc1Cl. The highest BCUT2D eigenvalue weighted by molar-refractivity contribution is 7.99. The van der Waals surface area contributed by atoms with Crippen LogP contribution in [0.3, 0.4) is 0 Å². The van der Waals surface area contributed by atoms with Gasteiger partial charge < -0.3 is 5.73 Å². The fraction of sp³-hybridized carbons (Fsp3) is 0.250. The van der Waals surface area contributed by atoms with Crippen molar-refractivity contribution in [2.45, 2.75) is 24.3 Å². The molecule has 0 spiro atoms. The number of thioether (sulfide) groups is 1. The number of benzene rings is 2. The molecule has 0 saturated heterocycles. The number of aryl methyl sites for hydroxylation is 1. The molecular weight excluding hydrogens is 274 g/mol. The van der Waals surface area contributed by atoms with Gasteiger partial charge in [0.1, 0.15) is 0 Å². The summed E-state index contributed by atoms with van der Waals surface area (Å²) in [5.41, 5.74) is 8.62. The van der Waals surface area contributed by atoms with Crippen LogP contribution in [-0.2, 0) is 6.42 Å². The first kappa shape index (κ1) is 14.4. The van der Waals surface area contributed by atoms with Crippen LogP contribution in [0.5, 0.6) is 0 Å². The Hall–Kier alpha value is -0.960. The molecule has 2 aromatic carbocycles. The molecule has 0 radical (unpaired) electrons. The second-order valence-electron chi connectivity index (χ2n) is 4.63. The summed E-state index contributed by atoms with van der Waals surface area (Å²) in [6.45, 7) is 2.13. The minimum Gasteiger partial charge on any atom is -0.327 e. The van der Waals surface area contributed by atoms with E-state index in [0.717, 1.165) is 22.8 Å². The predicted octanol–water partition coefficient (Wildman–Crippen LogP) is 4.31. The highest BCUT2D eigenvalue weighted by Crippen LogP contribution is 2.23. The van der Waals surface area contributed by atoms with Crippen LogP contribution in [-0.4, -0.2) is 11.8 Å². The van der Waals surface area contributed by atoms with Crippen molar-refractivity contribution in [2.75, 3.05) is 5.75 Å². The molecule has 0 bridgehead atoms. The van der Waals surface area contributed by atoms with Crippen molar-refractivity contribution in [3.8, 4) is 0 Å². The molecule has 19 heavy (non-hydrogen) atoms. The van der Waals surface area contributed by atoms with E-state index in [1.165, 1.54) is 10.5 Å². The first-order valence-corrected chi connectivity index (χ1v) is 7.70. The average Bonchev–Trinajstić information content (AvgIpc) is 2.40. The number of hydrogen-bond donors (Lipinski definition) is 1. The van der Waals surface area contributed by atoms with E-state index in [1.54, 1.807) is 0 Å². The quantitative estimate of drug-likeness (QED) is 0.831. The minimum atomic E-state index is 0.115. The highest BCUT2D eigenvalue weighted by atomic mass is 35.5. The smallest absolute Gasteiger partial charge is 0.0438 e. The molecule has 0 fully saturated rings. The van der Waals surface area contributed by atoms with Gasteiger partial charge in [0.25, 0.3) is 0 Å². The van der Waals surface area contributed by atoms with Crippen molar-refractivity contribution in [1.29, 1.82) is 0 Å². The lowest BCUT2D eigenvalue weighted by atomic mass is 10.1. The van der Waals surface area contributed by atoms with Crippen LogP contribution in [0.1, 0.15) is 11.1 Å². The summed E-state index contributed by atoms with van der Waals surface area (Å²) in [6, 6.07) is 16.4. The normalized spacial score (nSPS) is 12.4. The molecular formula is C16H18ClNS. The second-order valence-corrected chi connectivity index (χ2v) is 6.10. The van der Waals surface area contributed by atoms with Crippen LogP contribution in [0, 0.1) is 6.92 Å². The number of hydrogen-bond acceptors (Lipinski definition) is 2. The van der Waals surface area contributed by atoms with Crippen LogP contribution in [0.2, 0.25) is 5.02 Å². The van der Waals surface area contributed by atoms with Gasteiger partial charge in [0, 0.05) is 21.7 Å². The molecule has 0 aliphatic heterocycles. The third kappa shape index (κ3) is 4.27. The molecule has 0 saturated carbocycles.